The molecule has 2 rings (SSSR count). The van der Waals surface area contributed by atoms with Crippen LogP contribution in [0.5, 0.6) is 0 Å². The fraction of sp³-hybridized carbons (Fsp3) is 0.733. The first-order valence-corrected chi connectivity index (χ1v) is 9.05. The van der Waals surface area contributed by atoms with Crippen LogP contribution in [0.4, 0.5) is 0 Å². The molecule has 1 aromatic rings. The van der Waals surface area contributed by atoms with E-state index < -0.39 is 10.0 Å². The van der Waals surface area contributed by atoms with Crippen molar-refractivity contribution in [2.75, 3.05) is 20.1 Å². The maximum Gasteiger partial charge on any atom is 0.246 e. The van der Waals surface area contributed by atoms with Crippen LogP contribution >= 0.6 is 0 Å². The topological polar surface area (TPSA) is 62.6 Å². The van der Waals surface area contributed by atoms with Crippen molar-refractivity contribution in [2.24, 2.45) is 5.92 Å². The Morgan fingerprint density at radius 2 is 1.95 bits per heavy atom. The summed E-state index contributed by atoms with van der Waals surface area (Å²) in [5, 5.41) is 3.03. The van der Waals surface area contributed by atoms with E-state index in [-0.39, 0.29) is 0 Å². The van der Waals surface area contributed by atoms with Crippen LogP contribution in [-0.4, -0.2) is 32.9 Å². The molecule has 1 aliphatic rings. The Kier molecular flexibility index (Phi) is 5.11. The van der Waals surface area contributed by atoms with Crippen LogP contribution < -0.4 is 5.32 Å². The smallest absolute Gasteiger partial charge is 0.246 e. The second kappa shape index (κ2) is 6.50. The minimum Gasteiger partial charge on any atom is -0.465 e. The number of nitrogens with one attached hydrogen (secondary N) is 1. The van der Waals surface area contributed by atoms with E-state index >= 15 is 0 Å². The summed E-state index contributed by atoms with van der Waals surface area (Å²) in [6, 6.07) is 0. The molecule has 0 amide bonds. The van der Waals surface area contributed by atoms with Gasteiger partial charge in [-0.15, -0.1) is 0 Å². The van der Waals surface area contributed by atoms with Gasteiger partial charge >= 0.3 is 0 Å². The third-order valence-electron chi connectivity index (χ3n) is 4.25. The van der Waals surface area contributed by atoms with Crippen molar-refractivity contribution in [2.45, 2.75) is 51.5 Å². The number of hydrogen-bond acceptors (Lipinski definition) is 4. The van der Waals surface area contributed by atoms with Gasteiger partial charge < -0.3 is 9.73 Å². The number of sulfonamides is 1. The Bertz CT molecular complexity index is 592. The maximum atomic E-state index is 13.0. The van der Waals surface area contributed by atoms with Crippen LogP contribution in [0.15, 0.2) is 9.31 Å². The fourth-order valence-corrected chi connectivity index (χ4v) is 4.94. The molecule has 21 heavy (non-hydrogen) atoms. The highest BCUT2D eigenvalue weighted by atomic mass is 32.2. The lowest BCUT2D eigenvalue weighted by molar-refractivity contribution is 0.414. The molecule has 1 aromatic heterocycles. The van der Waals surface area contributed by atoms with Crippen LogP contribution in [0.3, 0.4) is 0 Å². The quantitative estimate of drug-likeness (QED) is 0.927. The van der Waals surface area contributed by atoms with Crippen LogP contribution in [-0.2, 0) is 16.6 Å². The standard InChI is InChI=1S/C15H26N2O3S/c1-11-6-5-8-17(9-7-11)21(18,19)15-13(3)20-12(2)14(15)10-16-4/h11,16H,5-10H2,1-4H3. The van der Waals surface area contributed by atoms with Crippen molar-refractivity contribution in [1.82, 2.24) is 9.62 Å². The molecule has 1 aliphatic heterocycles. The molecule has 1 N–H and O–H groups in total. The van der Waals surface area contributed by atoms with Gasteiger partial charge in [0.2, 0.25) is 10.0 Å². The predicted octanol–water partition coefficient (Wildman–Crippen LogP) is 2.43. The Balaban J connectivity index is 2.39. The first-order chi connectivity index (χ1) is 9.87. The maximum absolute atomic E-state index is 13.0. The normalized spacial score (nSPS) is 21.4. The van der Waals surface area contributed by atoms with Gasteiger partial charge in [-0.2, -0.15) is 4.31 Å². The second-order valence-corrected chi connectivity index (χ2v) is 7.87. The van der Waals surface area contributed by atoms with Crippen molar-refractivity contribution in [1.29, 1.82) is 0 Å². The van der Waals surface area contributed by atoms with Crippen molar-refractivity contribution in [3.63, 3.8) is 0 Å². The molecule has 0 aromatic carbocycles. The van der Waals surface area contributed by atoms with Gasteiger partial charge in [-0.3, -0.25) is 0 Å². The second-order valence-electron chi connectivity index (χ2n) is 5.99. The molecule has 1 saturated heterocycles. The molecule has 5 nitrogen and oxygen atoms in total. The summed E-state index contributed by atoms with van der Waals surface area (Å²) in [7, 11) is -1.66. The predicted molar refractivity (Wildman–Crippen MR) is 82.7 cm³/mol. The fourth-order valence-electron chi connectivity index (χ4n) is 3.03. The van der Waals surface area contributed by atoms with E-state index in [1.165, 1.54) is 0 Å². The minimum absolute atomic E-state index is 0.365. The van der Waals surface area contributed by atoms with E-state index in [1.54, 1.807) is 11.2 Å². The molecule has 6 heteroatoms. The van der Waals surface area contributed by atoms with Gasteiger partial charge in [-0.1, -0.05) is 6.92 Å². The SMILES string of the molecule is CNCc1c(C)oc(C)c1S(=O)(=O)N1CCCC(C)CC1. The highest BCUT2D eigenvalue weighted by Gasteiger charge is 2.33. The van der Waals surface area contributed by atoms with Crippen molar-refractivity contribution in [3.05, 3.63) is 17.1 Å². The zero-order valence-corrected chi connectivity index (χ0v) is 14.2. The number of nitrogens with zero attached hydrogens (tertiary/aromatic N) is 1. The molecule has 1 fully saturated rings. The lowest BCUT2D eigenvalue weighted by Crippen LogP contribution is -2.33. The highest BCUT2D eigenvalue weighted by molar-refractivity contribution is 7.89. The van der Waals surface area contributed by atoms with Crippen LogP contribution in [0.25, 0.3) is 0 Å². The van der Waals surface area contributed by atoms with Gasteiger partial charge in [-0.25, -0.2) is 8.42 Å². The van der Waals surface area contributed by atoms with Gasteiger partial charge in [0.15, 0.2) is 0 Å². The third kappa shape index (κ3) is 3.33. The summed E-state index contributed by atoms with van der Waals surface area (Å²) in [5.74, 6) is 1.77. The number of furan rings is 1. The summed E-state index contributed by atoms with van der Waals surface area (Å²) >= 11 is 0. The van der Waals surface area contributed by atoms with Crippen LogP contribution in [0.1, 0.15) is 43.3 Å². The zero-order chi connectivity index (χ0) is 15.6. The Morgan fingerprint density at radius 1 is 1.24 bits per heavy atom. The monoisotopic (exact) mass is 314 g/mol. The lowest BCUT2D eigenvalue weighted by Gasteiger charge is -2.20. The first kappa shape index (κ1) is 16.5. The Morgan fingerprint density at radius 3 is 2.62 bits per heavy atom. The van der Waals surface area contributed by atoms with Gasteiger partial charge in [0.1, 0.15) is 16.4 Å². The summed E-state index contributed by atoms with van der Waals surface area (Å²) in [6.45, 7) is 7.46. The lowest BCUT2D eigenvalue weighted by atomic mass is 10.0. The molecule has 0 saturated carbocycles. The molecule has 2 heterocycles. The highest BCUT2D eigenvalue weighted by Crippen LogP contribution is 2.31. The van der Waals surface area contributed by atoms with E-state index in [2.05, 4.69) is 12.2 Å². The largest absolute Gasteiger partial charge is 0.465 e. The molecule has 0 bridgehead atoms. The molecule has 1 atom stereocenters. The average Bonchev–Trinajstić information content (AvgIpc) is 2.58. The van der Waals surface area contributed by atoms with Gasteiger partial charge in [0.05, 0.1) is 0 Å². The Hall–Kier alpha value is -0.850. The molecule has 0 spiro atoms. The van der Waals surface area contributed by atoms with Gasteiger partial charge in [0, 0.05) is 25.2 Å². The number of rotatable bonds is 4. The third-order valence-corrected chi connectivity index (χ3v) is 6.35. The van der Waals surface area contributed by atoms with E-state index in [0.29, 0.717) is 42.0 Å². The van der Waals surface area contributed by atoms with Crippen molar-refractivity contribution in [3.8, 4) is 0 Å². The van der Waals surface area contributed by atoms with Crippen LogP contribution in [0, 0.1) is 19.8 Å². The summed E-state index contributed by atoms with van der Waals surface area (Å²) in [6.07, 6.45) is 2.95. The van der Waals surface area contributed by atoms with E-state index in [9.17, 15) is 8.42 Å². The van der Waals surface area contributed by atoms with Crippen molar-refractivity contribution >= 4 is 10.0 Å². The van der Waals surface area contributed by atoms with Crippen molar-refractivity contribution < 1.29 is 12.8 Å². The van der Waals surface area contributed by atoms with Crippen LogP contribution in [0.2, 0.25) is 0 Å². The average molecular weight is 314 g/mol. The molecule has 120 valence electrons. The first-order valence-electron chi connectivity index (χ1n) is 7.61. The van der Waals surface area contributed by atoms with Gasteiger partial charge in [0.25, 0.3) is 0 Å². The number of aryl methyl sites for hydroxylation is 2. The number of hydrogen-bond donors (Lipinski definition) is 1. The molecular weight excluding hydrogens is 288 g/mol. The van der Waals surface area contributed by atoms with E-state index in [1.807, 2.05) is 14.0 Å². The summed E-state index contributed by atoms with van der Waals surface area (Å²) in [5.41, 5.74) is 0.757. The summed E-state index contributed by atoms with van der Waals surface area (Å²) in [4.78, 5) is 0.365. The molecule has 0 radical (unpaired) electrons. The molecule has 0 aliphatic carbocycles. The minimum atomic E-state index is -3.47. The molecule has 1 unspecified atom stereocenters. The zero-order valence-electron chi connectivity index (χ0n) is 13.4. The summed E-state index contributed by atoms with van der Waals surface area (Å²) < 4.78 is 33.2. The van der Waals surface area contributed by atoms with E-state index in [0.717, 1.165) is 24.8 Å². The van der Waals surface area contributed by atoms with E-state index in [4.69, 9.17) is 4.42 Å². The molecular formula is C15H26N2O3S. The van der Waals surface area contributed by atoms with Gasteiger partial charge in [-0.05, 0) is 46.1 Å². The Labute approximate surface area is 127 Å².